The molecular weight excluding hydrogens is 252 g/mol. The van der Waals surface area contributed by atoms with Crippen LogP contribution in [0.15, 0.2) is 32.6 Å². The van der Waals surface area contributed by atoms with Gasteiger partial charge in [-0.15, -0.1) is 0 Å². The third kappa shape index (κ3) is 2.93. The first-order valence-electron chi connectivity index (χ1n) is 5.38. The molecule has 0 saturated carbocycles. The Morgan fingerprint density at radius 3 is 2.89 bits per heavy atom. The van der Waals surface area contributed by atoms with Crippen molar-refractivity contribution in [2.75, 3.05) is 12.3 Å². The molecule has 2 aromatic heterocycles. The lowest BCUT2D eigenvalue weighted by Crippen LogP contribution is -2.13. The van der Waals surface area contributed by atoms with E-state index in [-0.39, 0.29) is 16.6 Å². The minimum atomic E-state index is -0.281. The first kappa shape index (κ1) is 12.7. The molecule has 6 nitrogen and oxygen atoms in total. The van der Waals surface area contributed by atoms with Gasteiger partial charge in [0, 0.05) is 12.6 Å². The van der Waals surface area contributed by atoms with Gasteiger partial charge in [-0.2, -0.15) is 0 Å². The second-order valence-corrected chi connectivity index (χ2v) is 4.96. The van der Waals surface area contributed by atoms with Gasteiger partial charge in [0.1, 0.15) is 17.3 Å². The van der Waals surface area contributed by atoms with E-state index >= 15 is 0 Å². The third-order valence-corrected chi connectivity index (χ3v) is 3.41. The molecule has 18 heavy (non-hydrogen) atoms. The summed E-state index contributed by atoms with van der Waals surface area (Å²) in [5.74, 6) is 1.76. The number of nitrogens with zero attached hydrogens (tertiary/aromatic N) is 1. The van der Waals surface area contributed by atoms with E-state index in [0.717, 1.165) is 11.5 Å². The molecule has 0 spiro atoms. The summed E-state index contributed by atoms with van der Waals surface area (Å²) >= 11 is 1.32. The van der Waals surface area contributed by atoms with Crippen molar-refractivity contribution in [3.05, 3.63) is 40.1 Å². The third-order valence-electron chi connectivity index (χ3n) is 2.29. The molecule has 5 N–H and O–H groups in total. The first-order valence-corrected chi connectivity index (χ1v) is 6.26. The Bertz CT molecular complexity index is 593. The van der Waals surface area contributed by atoms with Crippen molar-refractivity contribution in [3.8, 4) is 0 Å². The molecule has 0 aliphatic heterocycles. The van der Waals surface area contributed by atoms with Crippen LogP contribution in [0.2, 0.25) is 0 Å². The Morgan fingerprint density at radius 1 is 1.56 bits per heavy atom. The van der Waals surface area contributed by atoms with Crippen LogP contribution in [0.25, 0.3) is 0 Å². The average molecular weight is 266 g/mol. The van der Waals surface area contributed by atoms with E-state index in [1.807, 2.05) is 19.1 Å². The highest BCUT2D eigenvalue weighted by molar-refractivity contribution is 7.99. The van der Waals surface area contributed by atoms with Crippen LogP contribution in [-0.2, 0) is 0 Å². The zero-order valence-corrected chi connectivity index (χ0v) is 10.7. The van der Waals surface area contributed by atoms with Gasteiger partial charge in [-0.3, -0.25) is 4.79 Å². The Balaban J connectivity index is 2.22. The molecule has 0 bridgehead atoms. The summed E-state index contributed by atoms with van der Waals surface area (Å²) < 4.78 is 5.52. The molecule has 0 aliphatic rings. The molecule has 0 saturated heterocycles. The van der Waals surface area contributed by atoms with Crippen molar-refractivity contribution in [1.82, 2.24) is 9.97 Å². The molecule has 0 radical (unpaired) electrons. The van der Waals surface area contributed by atoms with Crippen LogP contribution in [0.4, 0.5) is 5.82 Å². The van der Waals surface area contributed by atoms with Crippen LogP contribution in [0.5, 0.6) is 0 Å². The number of aromatic amines is 1. The molecule has 1 atom stereocenters. The smallest absolute Gasteiger partial charge is 0.253 e. The van der Waals surface area contributed by atoms with Crippen LogP contribution in [-0.4, -0.2) is 16.5 Å². The molecule has 7 heteroatoms. The van der Waals surface area contributed by atoms with Gasteiger partial charge in [-0.05, 0) is 19.1 Å². The first-order chi connectivity index (χ1) is 8.58. The van der Waals surface area contributed by atoms with E-state index in [9.17, 15) is 4.79 Å². The van der Waals surface area contributed by atoms with Gasteiger partial charge in [-0.1, -0.05) is 11.8 Å². The quantitative estimate of drug-likeness (QED) is 0.563. The van der Waals surface area contributed by atoms with Crippen LogP contribution >= 0.6 is 11.8 Å². The van der Waals surface area contributed by atoms with Crippen molar-refractivity contribution in [2.45, 2.75) is 17.3 Å². The van der Waals surface area contributed by atoms with Gasteiger partial charge in [0.25, 0.3) is 5.56 Å². The molecule has 2 rings (SSSR count). The number of nitrogens with two attached hydrogens (primary N) is 2. The fourth-order valence-electron chi connectivity index (χ4n) is 1.49. The van der Waals surface area contributed by atoms with E-state index in [4.69, 9.17) is 15.9 Å². The average Bonchev–Trinajstić information content (AvgIpc) is 2.71. The second kappa shape index (κ2) is 5.28. The van der Waals surface area contributed by atoms with Gasteiger partial charge < -0.3 is 20.9 Å². The molecule has 2 heterocycles. The van der Waals surface area contributed by atoms with Crippen LogP contribution in [0.3, 0.4) is 0 Å². The SMILES string of the molecule is Cc1ccc(C(CN)Sc2nc(N)cc(=O)[nH]2)o1. The minimum absolute atomic E-state index is 0.108. The Hall–Kier alpha value is -1.73. The predicted octanol–water partition coefficient (Wildman–Crippen LogP) is 1.05. The van der Waals surface area contributed by atoms with Crippen LogP contribution in [0.1, 0.15) is 16.8 Å². The Kier molecular flexibility index (Phi) is 3.73. The lowest BCUT2D eigenvalue weighted by Gasteiger charge is -2.10. The van der Waals surface area contributed by atoms with Crippen molar-refractivity contribution in [3.63, 3.8) is 0 Å². The van der Waals surface area contributed by atoms with Gasteiger partial charge >= 0.3 is 0 Å². The number of aromatic nitrogens is 2. The maximum absolute atomic E-state index is 11.3. The number of hydrogen-bond acceptors (Lipinski definition) is 6. The summed E-state index contributed by atoms with van der Waals surface area (Å²) in [5.41, 5.74) is 10.9. The molecule has 0 fully saturated rings. The molecular formula is C11H14N4O2S. The molecule has 96 valence electrons. The summed E-state index contributed by atoms with van der Waals surface area (Å²) in [5, 5.41) is 0.327. The van der Waals surface area contributed by atoms with Crippen LogP contribution < -0.4 is 17.0 Å². The highest BCUT2D eigenvalue weighted by Gasteiger charge is 2.16. The summed E-state index contributed by atoms with van der Waals surface area (Å²) in [6, 6.07) is 4.97. The fourth-order valence-corrected chi connectivity index (χ4v) is 2.42. The number of furan rings is 1. The molecule has 2 aromatic rings. The highest BCUT2D eigenvalue weighted by atomic mass is 32.2. The lowest BCUT2D eigenvalue weighted by atomic mass is 10.3. The van der Waals surface area contributed by atoms with Crippen molar-refractivity contribution < 1.29 is 4.42 Å². The van der Waals surface area contributed by atoms with Crippen LogP contribution in [0, 0.1) is 6.92 Å². The number of nitrogen functional groups attached to an aromatic ring is 1. The predicted molar refractivity (Wildman–Crippen MR) is 70.4 cm³/mol. The van der Waals surface area contributed by atoms with E-state index < -0.39 is 0 Å². The monoisotopic (exact) mass is 266 g/mol. The van der Waals surface area contributed by atoms with Gasteiger partial charge in [0.2, 0.25) is 0 Å². The number of thioether (sulfide) groups is 1. The molecule has 0 aliphatic carbocycles. The number of H-pyrrole nitrogens is 1. The van der Waals surface area contributed by atoms with Gasteiger partial charge in [0.05, 0.1) is 5.25 Å². The second-order valence-electron chi connectivity index (χ2n) is 3.77. The van der Waals surface area contributed by atoms with E-state index in [2.05, 4.69) is 9.97 Å². The van der Waals surface area contributed by atoms with E-state index in [1.54, 1.807) is 0 Å². The zero-order valence-electron chi connectivity index (χ0n) is 9.84. The number of rotatable bonds is 4. The number of hydrogen-bond donors (Lipinski definition) is 3. The van der Waals surface area contributed by atoms with Crippen molar-refractivity contribution in [1.29, 1.82) is 0 Å². The lowest BCUT2D eigenvalue weighted by molar-refractivity contribution is 0.481. The van der Waals surface area contributed by atoms with Gasteiger partial charge in [0.15, 0.2) is 5.16 Å². The van der Waals surface area contributed by atoms with E-state index in [1.165, 1.54) is 17.8 Å². The number of aryl methyl sites for hydroxylation is 1. The zero-order chi connectivity index (χ0) is 13.1. The fraction of sp³-hybridized carbons (Fsp3) is 0.273. The number of anilines is 1. The molecule has 1 unspecified atom stereocenters. The summed E-state index contributed by atoms with van der Waals surface area (Å²) in [4.78, 5) is 17.9. The maximum atomic E-state index is 11.3. The van der Waals surface area contributed by atoms with Crippen molar-refractivity contribution in [2.24, 2.45) is 5.73 Å². The summed E-state index contributed by atoms with van der Waals surface area (Å²) in [6.45, 7) is 2.23. The van der Waals surface area contributed by atoms with E-state index in [0.29, 0.717) is 11.7 Å². The Labute approximate surface area is 108 Å². The maximum Gasteiger partial charge on any atom is 0.253 e. The molecule has 0 amide bonds. The minimum Gasteiger partial charge on any atom is -0.465 e. The van der Waals surface area contributed by atoms with Gasteiger partial charge in [-0.25, -0.2) is 4.98 Å². The normalized spacial score (nSPS) is 12.6. The standard InChI is InChI=1S/C11H14N4O2S/c1-6-2-3-7(17-6)8(5-12)18-11-14-9(13)4-10(16)15-11/h2-4,8H,5,12H2,1H3,(H3,13,14,15,16). The summed E-state index contributed by atoms with van der Waals surface area (Å²) in [6.07, 6.45) is 0. The molecule has 0 aromatic carbocycles. The largest absolute Gasteiger partial charge is 0.465 e. The summed E-state index contributed by atoms with van der Waals surface area (Å²) in [7, 11) is 0. The highest BCUT2D eigenvalue weighted by Crippen LogP contribution is 2.32. The van der Waals surface area contributed by atoms with Crippen molar-refractivity contribution >= 4 is 17.6 Å². The number of nitrogens with one attached hydrogen (secondary N) is 1. The topological polar surface area (TPSA) is 111 Å². The Morgan fingerprint density at radius 2 is 2.33 bits per heavy atom.